The second-order valence-corrected chi connectivity index (χ2v) is 4.60. The average molecular weight is 294 g/mol. The maximum Gasteiger partial charge on any atom is 0.145 e. The van der Waals surface area contributed by atoms with E-state index in [0.717, 1.165) is 12.1 Å². The maximum atomic E-state index is 13.3. The van der Waals surface area contributed by atoms with Gasteiger partial charge in [0.05, 0.1) is 0 Å². The Morgan fingerprint density at radius 3 is 1.94 bits per heavy atom. The summed E-state index contributed by atoms with van der Waals surface area (Å²) in [6.45, 7) is 0. The summed E-state index contributed by atoms with van der Waals surface area (Å²) in [6, 6.07) is 6.93. The molecule has 0 aliphatic carbocycles. The van der Waals surface area contributed by atoms with E-state index in [9.17, 15) is 8.78 Å². The third-order valence-electron chi connectivity index (χ3n) is 2.23. The van der Waals surface area contributed by atoms with Gasteiger partial charge in [0, 0.05) is 15.6 Å². The van der Waals surface area contributed by atoms with Crippen LogP contribution in [0.15, 0.2) is 30.3 Å². The molecule has 2 aromatic rings. The van der Waals surface area contributed by atoms with Crippen LogP contribution in [0.4, 0.5) is 8.78 Å². The zero-order chi connectivity index (χ0) is 12.6. The molecule has 88 valence electrons. The zero-order valence-corrected chi connectivity index (χ0v) is 10.5. The van der Waals surface area contributed by atoms with E-state index >= 15 is 0 Å². The number of rotatable bonds is 1. The van der Waals surface area contributed by atoms with Gasteiger partial charge in [0.1, 0.15) is 16.7 Å². The molecule has 0 nitrogen and oxygen atoms in total. The summed E-state index contributed by atoms with van der Waals surface area (Å²) in [4.78, 5) is 0. The van der Waals surface area contributed by atoms with Gasteiger partial charge in [-0.1, -0.05) is 40.9 Å². The first-order chi connectivity index (χ1) is 7.99. The van der Waals surface area contributed by atoms with E-state index in [1.54, 1.807) is 12.1 Å². The Morgan fingerprint density at radius 1 is 0.824 bits per heavy atom. The Balaban J connectivity index is 2.61. The molecule has 0 bridgehead atoms. The van der Waals surface area contributed by atoms with Crippen LogP contribution >= 0.6 is 34.8 Å². The van der Waals surface area contributed by atoms with Crippen molar-refractivity contribution in [2.45, 2.75) is 0 Å². The Hall–Kier alpha value is -0.830. The first kappa shape index (κ1) is 12.6. The molecule has 0 atom stereocenters. The number of benzene rings is 2. The van der Waals surface area contributed by atoms with Crippen LogP contribution in [0.1, 0.15) is 0 Å². The van der Waals surface area contributed by atoms with Crippen LogP contribution in [0.25, 0.3) is 11.1 Å². The largest absolute Gasteiger partial charge is 0.205 e. The van der Waals surface area contributed by atoms with E-state index in [0.29, 0.717) is 21.2 Å². The molecule has 0 N–H and O–H groups in total. The average Bonchev–Trinajstić information content (AvgIpc) is 2.25. The third-order valence-corrected chi connectivity index (χ3v) is 3.13. The molecule has 0 radical (unpaired) electrons. The molecular weight excluding hydrogens is 288 g/mol. The van der Waals surface area contributed by atoms with Gasteiger partial charge in [-0.2, -0.15) is 0 Å². The minimum Gasteiger partial charge on any atom is -0.205 e. The molecule has 0 aromatic heterocycles. The normalized spacial score (nSPS) is 10.6. The van der Waals surface area contributed by atoms with Gasteiger partial charge in [-0.15, -0.1) is 0 Å². The summed E-state index contributed by atoms with van der Waals surface area (Å²) in [5, 5.41) is 0.242. The number of halogens is 5. The van der Waals surface area contributed by atoms with Crippen LogP contribution in [0, 0.1) is 11.6 Å². The summed E-state index contributed by atoms with van der Waals surface area (Å²) in [5.41, 5.74) is 0.802. The molecule has 0 unspecified atom stereocenters. The summed E-state index contributed by atoms with van der Waals surface area (Å²) in [6.07, 6.45) is 0. The molecule has 0 amide bonds. The first-order valence-electron chi connectivity index (χ1n) is 4.59. The molecule has 2 aromatic carbocycles. The molecule has 2 rings (SSSR count). The number of hydrogen-bond acceptors (Lipinski definition) is 0. The summed E-state index contributed by atoms with van der Waals surface area (Å²) in [7, 11) is 0. The van der Waals surface area contributed by atoms with E-state index in [1.165, 1.54) is 6.07 Å². The zero-order valence-electron chi connectivity index (χ0n) is 8.28. The lowest BCUT2D eigenvalue weighted by molar-refractivity contribution is 0.585. The van der Waals surface area contributed by atoms with Crippen molar-refractivity contribution in [2.24, 2.45) is 0 Å². The molecule has 0 saturated carbocycles. The van der Waals surface area contributed by atoms with Gasteiger partial charge in [-0.3, -0.25) is 0 Å². The van der Waals surface area contributed by atoms with Crippen molar-refractivity contribution >= 4 is 34.8 Å². The van der Waals surface area contributed by atoms with Gasteiger partial charge in [-0.05, 0) is 29.8 Å². The molecule has 5 heteroatoms. The van der Waals surface area contributed by atoms with E-state index in [2.05, 4.69) is 0 Å². The van der Waals surface area contributed by atoms with E-state index in [-0.39, 0.29) is 0 Å². The van der Waals surface area contributed by atoms with Crippen LogP contribution in [0.2, 0.25) is 15.1 Å². The van der Waals surface area contributed by atoms with Crippen molar-refractivity contribution in [3.05, 3.63) is 57.0 Å². The van der Waals surface area contributed by atoms with E-state index in [4.69, 9.17) is 34.8 Å². The Bertz CT molecular complexity index is 559. The fourth-order valence-corrected chi connectivity index (χ4v) is 2.06. The second kappa shape index (κ2) is 4.81. The fourth-order valence-electron chi connectivity index (χ4n) is 1.43. The monoisotopic (exact) mass is 292 g/mol. The third kappa shape index (κ3) is 2.54. The van der Waals surface area contributed by atoms with Gasteiger partial charge in [0.2, 0.25) is 0 Å². The lowest BCUT2D eigenvalue weighted by Gasteiger charge is -2.06. The van der Waals surface area contributed by atoms with Crippen LogP contribution in [-0.2, 0) is 0 Å². The molecule has 0 fully saturated rings. The summed E-state index contributed by atoms with van der Waals surface area (Å²) >= 11 is 17.1. The van der Waals surface area contributed by atoms with Gasteiger partial charge in [-0.25, -0.2) is 8.78 Å². The molecule has 17 heavy (non-hydrogen) atoms. The minimum atomic E-state index is -0.826. The molecule has 0 aliphatic rings. The molecular formula is C12H5Cl3F2. The smallest absolute Gasteiger partial charge is 0.145 e. The lowest BCUT2D eigenvalue weighted by Crippen LogP contribution is -1.87. The Kier molecular flexibility index (Phi) is 3.57. The maximum absolute atomic E-state index is 13.3. The second-order valence-electron chi connectivity index (χ2n) is 3.38. The molecule has 0 heterocycles. The standard InChI is InChI=1S/C12H5Cl3F2/c13-7-1-2-8(9(14)5-7)6-3-10(16)12(15)11(17)4-6/h1-5H. The van der Waals surface area contributed by atoms with Crippen molar-refractivity contribution in [2.75, 3.05) is 0 Å². The number of hydrogen-bond donors (Lipinski definition) is 0. The fraction of sp³-hybridized carbons (Fsp3) is 0. The van der Waals surface area contributed by atoms with Crippen molar-refractivity contribution in [1.82, 2.24) is 0 Å². The Morgan fingerprint density at radius 2 is 1.41 bits per heavy atom. The van der Waals surface area contributed by atoms with Crippen molar-refractivity contribution in [1.29, 1.82) is 0 Å². The Labute approximate surface area is 112 Å². The molecule has 0 spiro atoms. The van der Waals surface area contributed by atoms with Crippen LogP contribution in [-0.4, -0.2) is 0 Å². The highest BCUT2D eigenvalue weighted by Crippen LogP contribution is 2.33. The summed E-state index contributed by atoms with van der Waals surface area (Å²) < 4.78 is 26.6. The highest BCUT2D eigenvalue weighted by Gasteiger charge is 2.12. The predicted molar refractivity (Wildman–Crippen MR) is 66.8 cm³/mol. The molecule has 0 aliphatic heterocycles. The van der Waals surface area contributed by atoms with Crippen molar-refractivity contribution < 1.29 is 8.78 Å². The van der Waals surface area contributed by atoms with Gasteiger partial charge in [0.15, 0.2) is 0 Å². The lowest BCUT2D eigenvalue weighted by atomic mass is 10.1. The topological polar surface area (TPSA) is 0 Å². The van der Waals surface area contributed by atoms with Gasteiger partial charge < -0.3 is 0 Å². The summed E-state index contributed by atoms with van der Waals surface area (Å²) in [5.74, 6) is -1.65. The van der Waals surface area contributed by atoms with Crippen molar-refractivity contribution in [3.8, 4) is 11.1 Å². The predicted octanol–water partition coefficient (Wildman–Crippen LogP) is 5.59. The van der Waals surface area contributed by atoms with Crippen molar-refractivity contribution in [3.63, 3.8) is 0 Å². The van der Waals surface area contributed by atoms with E-state index in [1.807, 2.05) is 0 Å². The van der Waals surface area contributed by atoms with Crippen LogP contribution in [0.5, 0.6) is 0 Å². The first-order valence-corrected chi connectivity index (χ1v) is 5.72. The SMILES string of the molecule is Fc1cc(-c2ccc(Cl)cc2Cl)cc(F)c1Cl. The van der Waals surface area contributed by atoms with Gasteiger partial charge >= 0.3 is 0 Å². The quantitative estimate of drug-likeness (QED) is 0.601. The van der Waals surface area contributed by atoms with E-state index < -0.39 is 16.7 Å². The molecule has 0 saturated heterocycles. The minimum absolute atomic E-state index is 0.311. The highest BCUT2D eigenvalue weighted by atomic mass is 35.5. The van der Waals surface area contributed by atoms with Crippen LogP contribution in [0.3, 0.4) is 0 Å². The highest BCUT2D eigenvalue weighted by molar-refractivity contribution is 6.36. The van der Waals surface area contributed by atoms with Gasteiger partial charge in [0.25, 0.3) is 0 Å². The van der Waals surface area contributed by atoms with Crippen LogP contribution < -0.4 is 0 Å².